The van der Waals surface area contributed by atoms with Gasteiger partial charge in [0.2, 0.25) is 0 Å². The van der Waals surface area contributed by atoms with Crippen molar-refractivity contribution < 1.29 is 43.5 Å². The number of aromatic hydroxyl groups is 1. The number of ether oxygens (including phenoxy) is 1. The second-order valence-electron chi connectivity index (χ2n) is 14.7. The number of aromatic nitrogens is 1. The van der Waals surface area contributed by atoms with Crippen LogP contribution < -0.4 is 26.0 Å². The Morgan fingerprint density at radius 3 is 2.47 bits per heavy atom. The van der Waals surface area contributed by atoms with E-state index in [1.807, 2.05) is 60.7 Å². The number of carbonyl (C=O) groups excluding carboxylic acids is 1. The van der Waals surface area contributed by atoms with E-state index in [0.29, 0.717) is 35.7 Å². The van der Waals surface area contributed by atoms with Crippen molar-refractivity contribution in [2.75, 3.05) is 43.0 Å². The molecule has 5 aromatic rings. The van der Waals surface area contributed by atoms with Gasteiger partial charge in [-0.05, 0) is 98.1 Å². The average Bonchev–Trinajstić information content (AvgIpc) is 3.51. The van der Waals surface area contributed by atoms with Crippen molar-refractivity contribution in [3.05, 3.63) is 106 Å². The molecule has 4 aliphatic rings. The highest BCUT2D eigenvalue weighted by Crippen LogP contribution is 2.42. The quantitative estimate of drug-likeness (QED) is 0.0702. The Bertz CT molecular complexity index is 2270. The number of phenols is 1. The summed E-state index contributed by atoms with van der Waals surface area (Å²) in [4.78, 5) is 41.6. The van der Waals surface area contributed by atoms with Gasteiger partial charge in [-0.15, -0.1) is 0 Å². The lowest BCUT2D eigenvalue weighted by Gasteiger charge is -2.48. The molecule has 15 heteroatoms. The number of amides is 2. The number of unbranched alkanes of at least 4 members (excludes halogenated alkanes) is 1. The standard InChI is InChI=1S/C42H45N5O8.2FH/c48-35-14-12-31(40-39(35)44-38(50)25-54-40)36(49)23-43-22-27-10-13-32-37(21-27)55-42(53)46(32)17-5-4-6-26-9-11-30(28-7-2-1-3-8-28)33(20-26)47(41(51)52)34-24-45-18-15-29(34)16-19-45;;/h1-3,7-14,20-21,29,34,36,43,48-49H,4-6,15-19,22-25H2,(H,44,50)(H,51,52);2*1H/t34-,36-;;/m0../s1. The minimum absolute atomic E-state index is 0. The van der Waals surface area contributed by atoms with Gasteiger partial charge in [0.05, 0.1) is 23.3 Å². The molecule has 13 nitrogen and oxygen atoms in total. The van der Waals surface area contributed by atoms with Gasteiger partial charge in [0.15, 0.2) is 17.9 Å². The third kappa shape index (κ3) is 8.50. The van der Waals surface area contributed by atoms with E-state index in [0.717, 1.165) is 79.7 Å². The van der Waals surface area contributed by atoms with Crippen molar-refractivity contribution in [1.82, 2.24) is 14.8 Å². The minimum Gasteiger partial charge on any atom is -0.506 e. The van der Waals surface area contributed by atoms with E-state index in [1.165, 1.54) is 6.07 Å². The maximum atomic E-state index is 12.9. The number of hydrogen-bond acceptors (Lipinski definition) is 9. The molecule has 4 aliphatic heterocycles. The summed E-state index contributed by atoms with van der Waals surface area (Å²) >= 11 is 0. The SMILES string of the molecule is F.F.O=C1COc2c([C@@H](O)CNCc3ccc4c(c3)oc(=O)n4CCCCc3ccc(-c4ccccc4)c(N(C(=O)O)[C@H]4CN5CCC4CC5)c3)ccc(O)c2N1. The first kappa shape index (κ1) is 40.9. The highest BCUT2D eigenvalue weighted by Gasteiger charge is 2.41. The number of oxazole rings is 1. The summed E-state index contributed by atoms with van der Waals surface area (Å²) in [6.07, 6.45) is 2.39. The highest BCUT2D eigenvalue weighted by atomic mass is 19.0. The fourth-order valence-corrected chi connectivity index (χ4v) is 8.38. The Morgan fingerprint density at radius 2 is 1.74 bits per heavy atom. The molecular formula is C42H47F2N5O8. The van der Waals surface area contributed by atoms with E-state index in [4.69, 9.17) is 9.15 Å². The van der Waals surface area contributed by atoms with Gasteiger partial charge >= 0.3 is 11.8 Å². The summed E-state index contributed by atoms with van der Waals surface area (Å²) < 4.78 is 12.8. The summed E-state index contributed by atoms with van der Waals surface area (Å²) in [5, 5.41) is 37.4. The first-order valence-corrected chi connectivity index (χ1v) is 19.0. The normalized spacial score (nSPS) is 18.8. The molecule has 5 N–H and O–H groups in total. The number of hydrogen-bond donors (Lipinski definition) is 5. The summed E-state index contributed by atoms with van der Waals surface area (Å²) in [7, 11) is 0. The van der Waals surface area contributed by atoms with E-state index < -0.39 is 18.0 Å². The van der Waals surface area contributed by atoms with Crippen LogP contribution in [0.1, 0.15) is 48.5 Å². The fraction of sp³-hybridized carbons (Fsp3) is 0.357. The fourth-order valence-electron chi connectivity index (χ4n) is 8.38. The molecule has 1 aromatic heterocycles. The molecule has 0 saturated carbocycles. The van der Waals surface area contributed by atoms with Crippen LogP contribution in [0.25, 0.3) is 22.2 Å². The Labute approximate surface area is 327 Å². The molecule has 0 unspecified atom stereocenters. The van der Waals surface area contributed by atoms with Crippen LogP contribution in [0.15, 0.2) is 88.1 Å². The largest absolute Gasteiger partial charge is 0.506 e. The van der Waals surface area contributed by atoms with E-state index in [-0.39, 0.29) is 51.7 Å². The lowest BCUT2D eigenvalue weighted by Crippen LogP contribution is -2.59. The minimum atomic E-state index is -0.971. The van der Waals surface area contributed by atoms with Gasteiger partial charge in [0, 0.05) is 37.3 Å². The second kappa shape index (κ2) is 17.6. The number of carboxylic acid groups (broad SMARTS) is 1. The van der Waals surface area contributed by atoms with Gasteiger partial charge in [-0.2, -0.15) is 0 Å². The number of fused-ring (bicyclic) bond motifs is 5. The molecule has 302 valence electrons. The third-order valence-corrected chi connectivity index (χ3v) is 11.2. The molecule has 57 heavy (non-hydrogen) atoms. The van der Waals surface area contributed by atoms with E-state index in [9.17, 15) is 29.7 Å². The van der Waals surface area contributed by atoms with Gasteiger partial charge in [-0.3, -0.25) is 23.7 Å². The number of piperidine rings is 3. The Hall–Kier alpha value is -5.77. The molecule has 4 aromatic carbocycles. The molecule has 0 spiro atoms. The number of nitrogens with zero attached hydrogens (tertiary/aromatic N) is 3. The summed E-state index contributed by atoms with van der Waals surface area (Å²) in [6.45, 7) is 3.65. The Balaban J connectivity index is 0.00000275. The maximum Gasteiger partial charge on any atom is 0.419 e. The van der Waals surface area contributed by atoms with Crippen molar-refractivity contribution >= 4 is 34.5 Å². The molecule has 5 heterocycles. The predicted octanol–water partition coefficient (Wildman–Crippen LogP) is 6.03. The van der Waals surface area contributed by atoms with Crippen molar-refractivity contribution in [2.24, 2.45) is 5.92 Å². The van der Waals surface area contributed by atoms with Crippen LogP contribution in [0.4, 0.5) is 25.6 Å². The zero-order valence-corrected chi connectivity index (χ0v) is 31.3. The molecule has 3 fully saturated rings. The van der Waals surface area contributed by atoms with Crippen LogP contribution in [0.3, 0.4) is 0 Å². The lowest BCUT2D eigenvalue weighted by atomic mass is 9.82. The summed E-state index contributed by atoms with van der Waals surface area (Å²) in [5.41, 5.74) is 6.30. The van der Waals surface area contributed by atoms with Crippen LogP contribution in [0, 0.1) is 5.92 Å². The highest BCUT2D eigenvalue weighted by molar-refractivity contribution is 5.97. The molecule has 2 atom stereocenters. The third-order valence-electron chi connectivity index (χ3n) is 11.2. The van der Waals surface area contributed by atoms with Gasteiger partial charge in [-0.25, -0.2) is 9.59 Å². The number of anilines is 2. The van der Waals surface area contributed by atoms with E-state index in [2.05, 4.69) is 21.6 Å². The lowest BCUT2D eigenvalue weighted by molar-refractivity contribution is -0.118. The monoisotopic (exact) mass is 787 g/mol. The van der Waals surface area contributed by atoms with Gasteiger partial charge < -0.3 is 40.0 Å². The van der Waals surface area contributed by atoms with Crippen molar-refractivity contribution in [1.29, 1.82) is 0 Å². The van der Waals surface area contributed by atoms with Crippen LogP contribution in [-0.2, 0) is 24.3 Å². The van der Waals surface area contributed by atoms with E-state index in [1.54, 1.807) is 15.5 Å². The number of aliphatic hydroxyl groups excluding tert-OH is 1. The van der Waals surface area contributed by atoms with Crippen molar-refractivity contribution in [3.8, 4) is 22.6 Å². The number of aliphatic hydroxyl groups is 1. The number of phenolic OH excluding ortho intramolecular Hbond substituents is 1. The van der Waals surface area contributed by atoms with Crippen LogP contribution in [-0.4, -0.2) is 75.6 Å². The zero-order valence-electron chi connectivity index (χ0n) is 31.3. The summed E-state index contributed by atoms with van der Waals surface area (Å²) in [5.74, 6) is -0.355. The Morgan fingerprint density at radius 1 is 0.965 bits per heavy atom. The molecule has 0 radical (unpaired) electrons. The van der Waals surface area contributed by atoms with Gasteiger partial charge in [0.1, 0.15) is 11.4 Å². The van der Waals surface area contributed by atoms with E-state index >= 15 is 0 Å². The smallest absolute Gasteiger partial charge is 0.419 e. The molecular weight excluding hydrogens is 740 g/mol. The first-order valence-electron chi connectivity index (χ1n) is 19.0. The zero-order chi connectivity index (χ0) is 38.1. The van der Waals surface area contributed by atoms with Crippen LogP contribution >= 0.6 is 0 Å². The van der Waals surface area contributed by atoms with Crippen molar-refractivity contribution in [3.63, 3.8) is 0 Å². The average molecular weight is 788 g/mol. The number of nitrogens with one attached hydrogen (secondary N) is 2. The molecule has 3 saturated heterocycles. The summed E-state index contributed by atoms with van der Waals surface area (Å²) in [6, 6.07) is 24.6. The number of carbonyl (C=O) groups is 2. The topological polar surface area (TPSA) is 170 Å². The second-order valence-corrected chi connectivity index (χ2v) is 14.7. The number of rotatable bonds is 13. The number of benzene rings is 4. The molecule has 9 rings (SSSR count). The Kier molecular flexibility index (Phi) is 12.6. The first-order chi connectivity index (χ1) is 26.7. The van der Waals surface area contributed by atoms with Crippen LogP contribution in [0.2, 0.25) is 0 Å². The predicted molar refractivity (Wildman–Crippen MR) is 213 cm³/mol. The van der Waals surface area contributed by atoms with Crippen LogP contribution in [0.5, 0.6) is 11.5 Å². The number of aryl methyl sites for hydroxylation is 2. The maximum absolute atomic E-state index is 12.9. The van der Waals surface area contributed by atoms with Gasteiger partial charge in [0.25, 0.3) is 5.91 Å². The number of halogens is 2. The molecule has 2 amide bonds. The van der Waals surface area contributed by atoms with Gasteiger partial charge in [-0.1, -0.05) is 48.5 Å². The van der Waals surface area contributed by atoms with Crippen molar-refractivity contribution in [2.45, 2.75) is 57.3 Å². The molecule has 2 bridgehead atoms. The molecule has 0 aliphatic carbocycles.